The van der Waals surface area contributed by atoms with Crippen molar-refractivity contribution in [2.24, 2.45) is 5.92 Å². The van der Waals surface area contributed by atoms with Crippen LogP contribution in [0.3, 0.4) is 0 Å². The summed E-state index contributed by atoms with van der Waals surface area (Å²) in [6, 6.07) is 4.73. The smallest absolute Gasteiger partial charge is 0.269 e. The number of nitro benzene ring substituents is 1. The second kappa shape index (κ2) is 7.38. The first-order chi connectivity index (χ1) is 10.1. The first-order valence-corrected chi connectivity index (χ1v) is 7.30. The third-order valence-electron chi connectivity index (χ3n) is 4.02. The van der Waals surface area contributed by atoms with Crippen molar-refractivity contribution in [3.05, 3.63) is 33.9 Å². The molecule has 1 fully saturated rings. The van der Waals surface area contributed by atoms with E-state index in [4.69, 9.17) is 4.74 Å². The highest BCUT2D eigenvalue weighted by Crippen LogP contribution is 2.27. The summed E-state index contributed by atoms with van der Waals surface area (Å²) in [5.41, 5.74) is 1.66. The molecule has 2 rings (SSSR count). The number of nitrogens with one attached hydrogen (secondary N) is 1. The number of aliphatic hydroxyl groups excluding tert-OH is 1. The van der Waals surface area contributed by atoms with Gasteiger partial charge in [-0.25, -0.2) is 0 Å². The van der Waals surface area contributed by atoms with Crippen molar-refractivity contribution in [2.75, 3.05) is 19.0 Å². The van der Waals surface area contributed by atoms with Gasteiger partial charge in [0, 0.05) is 43.0 Å². The molecule has 21 heavy (non-hydrogen) atoms. The lowest BCUT2D eigenvalue weighted by Gasteiger charge is -2.28. The summed E-state index contributed by atoms with van der Waals surface area (Å²) in [7, 11) is 1.56. The molecule has 0 heterocycles. The Kier molecular flexibility index (Phi) is 5.52. The zero-order valence-electron chi connectivity index (χ0n) is 12.2. The Balaban J connectivity index is 2.05. The van der Waals surface area contributed by atoms with Gasteiger partial charge >= 0.3 is 0 Å². The Morgan fingerprint density at radius 1 is 1.43 bits per heavy atom. The Morgan fingerprint density at radius 2 is 2.19 bits per heavy atom. The maximum atomic E-state index is 10.8. The van der Waals surface area contributed by atoms with Crippen molar-refractivity contribution in [3.8, 4) is 0 Å². The topological polar surface area (TPSA) is 84.6 Å². The van der Waals surface area contributed by atoms with Crippen molar-refractivity contribution in [1.29, 1.82) is 0 Å². The van der Waals surface area contributed by atoms with Gasteiger partial charge in [0.15, 0.2) is 0 Å². The van der Waals surface area contributed by atoms with Crippen LogP contribution in [0.1, 0.15) is 31.2 Å². The number of ether oxygens (including phenoxy) is 1. The quantitative estimate of drug-likeness (QED) is 0.622. The van der Waals surface area contributed by atoms with Gasteiger partial charge in [0.05, 0.1) is 17.6 Å². The molecular formula is C15H22N2O4. The monoisotopic (exact) mass is 294 g/mol. The molecule has 0 radical (unpaired) electrons. The summed E-state index contributed by atoms with van der Waals surface area (Å²) in [5.74, 6) is 0.240. The van der Waals surface area contributed by atoms with E-state index in [-0.39, 0.29) is 17.7 Å². The van der Waals surface area contributed by atoms with Crippen LogP contribution in [0.5, 0.6) is 0 Å². The number of hydrogen-bond acceptors (Lipinski definition) is 5. The first kappa shape index (κ1) is 15.7. The van der Waals surface area contributed by atoms with Gasteiger partial charge < -0.3 is 15.2 Å². The standard InChI is InChI=1S/C15H22N2O4/c1-21-10-12-8-13(17(19)20)6-7-14(12)16-9-11-4-2-3-5-15(11)18/h6-8,11,15-16,18H,2-5,9-10H2,1H3/t11-,15-/m1/s1. The van der Waals surface area contributed by atoms with Gasteiger partial charge in [-0.05, 0) is 18.9 Å². The van der Waals surface area contributed by atoms with Crippen LogP contribution in [-0.2, 0) is 11.3 Å². The largest absolute Gasteiger partial charge is 0.393 e. The number of nitro groups is 1. The molecule has 1 saturated carbocycles. The zero-order chi connectivity index (χ0) is 15.2. The Hall–Kier alpha value is -1.66. The van der Waals surface area contributed by atoms with Crippen LogP contribution in [0.2, 0.25) is 0 Å². The van der Waals surface area contributed by atoms with Crippen LogP contribution in [0.25, 0.3) is 0 Å². The number of non-ortho nitro benzene ring substituents is 1. The third kappa shape index (κ3) is 4.15. The molecule has 0 bridgehead atoms. The number of anilines is 1. The zero-order valence-corrected chi connectivity index (χ0v) is 12.2. The van der Waals surface area contributed by atoms with E-state index in [0.717, 1.165) is 36.9 Å². The fraction of sp³-hybridized carbons (Fsp3) is 0.600. The van der Waals surface area contributed by atoms with E-state index in [2.05, 4.69) is 5.32 Å². The predicted octanol–water partition coefficient (Wildman–Crippen LogP) is 2.70. The molecule has 116 valence electrons. The van der Waals surface area contributed by atoms with Crippen molar-refractivity contribution in [1.82, 2.24) is 0 Å². The van der Waals surface area contributed by atoms with Crippen molar-refractivity contribution in [2.45, 2.75) is 38.4 Å². The number of benzene rings is 1. The average molecular weight is 294 g/mol. The van der Waals surface area contributed by atoms with E-state index in [1.165, 1.54) is 12.1 Å². The summed E-state index contributed by atoms with van der Waals surface area (Å²) in [6.45, 7) is 0.993. The normalized spacial score (nSPS) is 22.0. The molecular weight excluding hydrogens is 272 g/mol. The summed E-state index contributed by atoms with van der Waals surface area (Å²) in [5, 5.41) is 24.1. The summed E-state index contributed by atoms with van der Waals surface area (Å²) >= 11 is 0. The maximum absolute atomic E-state index is 10.8. The van der Waals surface area contributed by atoms with Gasteiger partial charge in [0.1, 0.15) is 0 Å². The van der Waals surface area contributed by atoms with Crippen molar-refractivity contribution < 1.29 is 14.8 Å². The fourth-order valence-electron chi connectivity index (χ4n) is 2.81. The van der Waals surface area contributed by atoms with Crippen molar-refractivity contribution >= 4 is 11.4 Å². The predicted molar refractivity (Wildman–Crippen MR) is 80.3 cm³/mol. The SMILES string of the molecule is COCc1cc([N+](=O)[O-])ccc1NC[C@H]1CCCC[C@H]1O. The molecule has 0 aromatic heterocycles. The van der Waals surface area contributed by atoms with Crippen LogP contribution in [0.15, 0.2) is 18.2 Å². The van der Waals surface area contributed by atoms with Crippen molar-refractivity contribution in [3.63, 3.8) is 0 Å². The molecule has 1 aromatic carbocycles. The Bertz CT molecular complexity index is 493. The first-order valence-electron chi connectivity index (χ1n) is 7.30. The lowest BCUT2D eigenvalue weighted by atomic mass is 9.86. The van der Waals surface area contributed by atoms with E-state index >= 15 is 0 Å². The molecule has 1 aromatic rings. The van der Waals surface area contributed by atoms with Gasteiger partial charge in [-0.2, -0.15) is 0 Å². The van der Waals surface area contributed by atoms with Gasteiger partial charge in [0.25, 0.3) is 5.69 Å². The molecule has 6 heteroatoms. The van der Waals surface area contributed by atoms with E-state index in [0.29, 0.717) is 13.2 Å². The van der Waals surface area contributed by atoms with Gasteiger partial charge in [0.2, 0.25) is 0 Å². The highest BCUT2D eigenvalue weighted by molar-refractivity contribution is 5.55. The molecule has 0 aliphatic heterocycles. The number of rotatable bonds is 6. The maximum Gasteiger partial charge on any atom is 0.269 e. The molecule has 0 amide bonds. The average Bonchev–Trinajstić information content (AvgIpc) is 2.47. The highest BCUT2D eigenvalue weighted by Gasteiger charge is 2.23. The van der Waals surface area contributed by atoms with Crippen LogP contribution in [0, 0.1) is 16.0 Å². The molecule has 1 aliphatic rings. The lowest BCUT2D eigenvalue weighted by Crippen LogP contribution is -2.30. The molecule has 0 unspecified atom stereocenters. The second-order valence-electron chi connectivity index (χ2n) is 5.52. The minimum Gasteiger partial charge on any atom is -0.393 e. The van der Waals surface area contributed by atoms with E-state index in [1.807, 2.05) is 0 Å². The fourth-order valence-corrected chi connectivity index (χ4v) is 2.81. The third-order valence-corrected chi connectivity index (χ3v) is 4.02. The molecule has 0 saturated heterocycles. The van der Waals surface area contributed by atoms with Gasteiger partial charge in [-0.1, -0.05) is 12.8 Å². The Morgan fingerprint density at radius 3 is 2.86 bits per heavy atom. The molecule has 0 spiro atoms. The molecule has 2 atom stereocenters. The van der Waals surface area contributed by atoms with E-state index < -0.39 is 4.92 Å². The van der Waals surface area contributed by atoms with E-state index in [1.54, 1.807) is 13.2 Å². The van der Waals surface area contributed by atoms with Crippen LogP contribution >= 0.6 is 0 Å². The number of methoxy groups -OCH3 is 1. The minimum atomic E-state index is -0.409. The summed E-state index contributed by atoms with van der Waals surface area (Å²) in [4.78, 5) is 10.4. The summed E-state index contributed by atoms with van der Waals surface area (Å²) in [6.07, 6.45) is 3.85. The highest BCUT2D eigenvalue weighted by atomic mass is 16.6. The second-order valence-corrected chi connectivity index (χ2v) is 5.52. The number of aliphatic hydroxyl groups is 1. The lowest BCUT2D eigenvalue weighted by molar-refractivity contribution is -0.384. The number of nitrogens with zero attached hydrogens (tertiary/aromatic N) is 1. The number of hydrogen-bond donors (Lipinski definition) is 2. The molecule has 1 aliphatic carbocycles. The van der Waals surface area contributed by atoms with Crippen LogP contribution in [-0.4, -0.2) is 29.8 Å². The summed E-state index contributed by atoms with van der Waals surface area (Å²) < 4.78 is 5.10. The van der Waals surface area contributed by atoms with Gasteiger partial charge in [-0.3, -0.25) is 10.1 Å². The molecule has 6 nitrogen and oxygen atoms in total. The molecule has 2 N–H and O–H groups in total. The van der Waals surface area contributed by atoms with Gasteiger partial charge in [-0.15, -0.1) is 0 Å². The minimum absolute atomic E-state index is 0.0605. The Labute approximate surface area is 124 Å². The van der Waals surface area contributed by atoms with Crippen LogP contribution < -0.4 is 5.32 Å². The van der Waals surface area contributed by atoms with Crippen LogP contribution in [0.4, 0.5) is 11.4 Å². The van der Waals surface area contributed by atoms with E-state index in [9.17, 15) is 15.2 Å².